The van der Waals surface area contributed by atoms with Crippen molar-refractivity contribution in [3.63, 3.8) is 0 Å². The van der Waals surface area contributed by atoms with E-state index in [2.05, 4.69) is 170 Å². The van der Waals surface area contributed by atoms with Gasteiger partial charge < -0.3 is 16.8 Å². The fraction of sp³-hybridized carbons (Fsp3) is 0.556. The lowest BCUT2D eigenvalue weighted by Gasteiger charge is -2.39. The van der Waals surface area contributed by atoms with Gasteiger partial charge in [0.15, 0.2) is 0 Å². The molecule has 0 aliphatic heterocycles. The van der Waals surface area contributed by atoms with Gasteiger partial charge in [-0.05, 0) is 111 Å². The van der Waals surface area contributed by atoms with Crippen LogP contribution in [0.25, 0.3) is 0 Å². The molecule has 47 heavy (non-hydrogen) atoms. The van der Waals surface area contributed by atoms with Crippen molar-refractivity contribution in [3.05, 3.63) is 48.5 Å². The van der Waals surface area contributed by atoms with Crippen LogP contribution in [0.2, 0.25) is 98.2 Å². The fourth-order valence-electron chi connectivity index (χ4n) is 5.15. The molecule has 0 saturated heterocycles. The Kier molecular flexibility index (Phi) is 19.5. The molecule has 4 nitrogen and oxygen atoms in total. The summed E-state index contributed by atoms with van der Waals surface area (Å²) in [4.78, 5) is 0. The Balaban J connectivity index is -0.00000484. The van der Waals surface area contributed by atoms with E-state index in [9.17, 15) is 0 Å². The molecule has 0 unspecified atom stereocenters. The molecule has 0 atom stereocenters. The summed E-state index contributed by atoms with van der Waals surface area (Å²) < 4.78 is 26.5. The molecule has 268 valence electrons. The zero-order valence-electron chi connectivity index (χ0n) is 29.8. The lowest BCUT2D eigenvalue weighted by molar-refractivity contribution is 0.401. The van der Waals surface area contributed by atoms with E-state index in [1.165, 1.54) is 20.7 Å². The van der Waals surface area contributed by atoms with Crippen LogP contribution in [0.1, 0.15) is 29.7 Å². The molecule has 0 aliphatic rings. The highest BCUT2D eigenvalue weighted by atomic mass is 28.5. The van der Waals surface area contributed by atoms with Crippen LogP contribution in [0.3, 0.4) is 0 Å². The van der Waals surface area contributed by atoms with Crippen LogP contribution in [0, 0.1) is 22.9 Å². The standard InChI is InChI=1S/C32H56O4Si7.4CH4/c1-33-39(7,8)29-19-21-31(22-20-29)41(11,12)35-43(15,16)36-42(13,14)32-25-23-30(24-26-32)40(9,10)34-38(5,6)28-18-17-27-37(2,3)4;;;;/h19-26H,1-16H3;4*1H4. The van der Waals surface area contributed by atoms with Gasteiger partial charge >= 0.3 is 8.56 Å². The van der Waals surface area contributed by atoms with Crippen LogP contribution >= 0.6 is 0 Å². The first-order chi connectivity index (χ1) is 19.3. The second kappa shape index (κ2) is 18.2. The molecule has 2 rings (SSSR count). The highest BCUT2D eigenvalue weighted by Crippen LogP contribution is 2.21. The highest BCUT2D eigenvalue weighted by Gasteiger charge is 2.42. The highest BCUT2D eigenvalue weighted by molar-refractivity contribution is 6.97. The maximum absolute atomic E-state index is 6.98. The van der Waals surface area contributed by atoms with Gasteiger partial charge in [0.1, 0.15) is 8.07 Å². The molecule has 0 bridgehead atoms. The lowest BCUT2D eigenvalue weighted by atomic mass is 10.4. The van der Waals surface area contributed by atoms with Gasteiger partial charge in [0.2, 0.25) is 33.3 Å². The minimum Gasteiger partial charge on any atom is -0.443 e. The number of hydrogen-bond acceptors (Lipinski definition) is 4. The summed E-state index contributed by atoms with van der Waals surface area (Å²) in [5.41, 5.74) is 6.72. The van der Waals surface area contributed by atoms with E-state index in [1.807, 2.05) is 7.11 Å². The summed E-state index contributed by atoms with van der Waals surface area (Å²) in [6.45, 7) is 33.6. The van der Waals surface area contributed by atoms with E-state index in [0.717, 1.165) is 0 Å². The number of rotatable bonds is 11. The van der Waals surface area contributed by atoms with E-state index in [4.69, 9.17) is 16.8 Å². The van der Waals surface area contributed by atoms with Crippen molar-refractivity contribution in [2.24, 2.45) is 0 Å². The Bertz CT molecular complexity index is 1370. The van der Waals surface area contributed by atoms with Crippen molar-refractivity contribution >= 4 is 79.0 Å². The first-order valence-electron chi connectivity index (χ1n) is 15.2. The smallest absolute Gasteiger partial charge is 0.311 e. The monoisotopic (exact) mass is 764 g/mol. The van der Waals surface area contributed by atoms with E-state index >= 15 is 0 Å². The first kappa shape index (κ1) is 50.3. The molecule has 0 radical (unpaired) electrons. The molecule has 0 aromatic heterocycles. The van der Waals surface area contributed by atoms with E-state index in [-0.39, 0.29) is 29.7 Å². The van der Waals surface area contributed by atoms with Gasteiger partial charge in [-0.15, -0.1) is 5.54 Å². The predicted molar refractivity (Wildman–Crippen MR) is 232 cm³/mol. The summed E-state index contributed by atoms with van der Waals surface area (Å²) in [7, 11) is -12.6. The lowest BCUT2D eigenvalue weighted by Crippen LogP contribution is -2.60. The van der Waals surface area contributed by atoms with E-state index in [1.54, 1.807) is 0 Å². The van der Waals surface area contributed by atoms with Crippen LogP contribution in [0.5, 0.6) is 0 Å². The van der Waals surface area contributed by atoms with Crippen molar-refractivity contribution < 1.29 is 16.8 Å². The molecule has 2 aromatic rings. The third kappa shape index (κ3) is 15.6. The first-order valence-corrected chi connectivity index (χ1v) is 36.1. The van der Waals surface area contributed by atoms with Crippen molar-refractivity contribution in [1.82, 2.24) is 0 Å². The minimum absolute atomic E-state index is 0. The second-order valence-corrected chi connectivity index (χ2v) is 43.4. The SMILES string of the molecule is C.C.C.C.CO[Si](C)(C)c1ccc([Si](C)(C)O[Si](C)(C)O[Si](C)(C)c2ccc([Si](C)(C)O[Si](C)(C)C#CC#C[Si](C)(C)C)cc2)cc1. The largest absolute Gasteiger partial charge is 0.443 e. The van der Waals surface area contributed by atoms with Gasteiger partial charge in [0.05, 0.1) is 0 Å². The maximum atomic E-state index is 6.98. The Hall–Kier alpha value is -1.08. The average Bonchev–Trinajstić information content (AvgIpc) is 2.84. The Labute approximate surface area is 300 Å². The Morgan fingerprint density at radius 1 is 0.404 bits per heavy atom. The fourth-order valence-corrected chi connectivity index (χ4v) is 27.2. The van der Waals surface area contributed by atoms with Crippen molar-refractivity contribution in [3.8, 4) is 22.9 Å². The molecule has 0 saturated carbocycles. The van der Waals surface area contributed by atoms with Gasteiger partial charge in [0, 0.05) is 7.11 Å². The van der Waals surface area contributed by atoms with E-state index in [0.29, 0.717) is 0 Å². The molecule has 11 heteroatoms. The second-order valence-electron chi connectivity index (χ2n) is 15.4. The van der Waals surface area contributed by atoms with E-state index < -0.39 is 58.2 Å². The zero-order chi connectivity index (χ0) is 33.1. The molecule has 0 spiro atoms. The zero-order valence-corrected chi connectivity index (χ0v) is 36.8. The normalized spacial score (nSPS) is 12.4. The quantitative estimate of drug-likeness (QED) is 0.170. The van der Waals surface area contributed by atoms with Crippen molar-refractivity contribution in [2.45, 2.75) is 128 Å². The summed E-state index contributed by atoms with van der Waals surface area (Å²) in [5.74, 6) is 6.19. The molecule has 0 N–H and O–H groups in total. The molecule has 0 heterocycles. The Morgan fingerprint density at radius 3 is 0.979 bits per heavy atom. The molecule has 0 fully saturated rings. The van der Waals surface area contributed by atoms with Crippen molar-refractivity contribution in [2.75, 3.05) is 7.11 Å². The summed E-state index contributed by atoms with van der Waals surface area (Å²) >= 11 is 0. The topological polar surface area (TPSA) is 36.9 Å². The summed E-state index contributed by atoms with van der Waals surface area (Å²) in [6.07, 6.45) is 0. The molecular formula is C36H72O4Si7. The average molecular weight is 766 g/mol. The number of hydrogen-bond donors (Lipinski definition) is 0. The van der Waals surface area contributed by atoms with Gasteiger partial charge in [-0.3, -0.25) is 0 Å². The van der Waals surface area contributed by atoms with Crippen molar-refractivity contribution in [1.29, 1.82) is 0 Å². The van der Waals surface area contributed by atoms with Gasteiger partial charge in [-0.2, -0.15) is 0 Å². The maximum Gasteiger partial charge on any atom is 0.311 e. The van der Waals surface area contributed by atoms with Crippen LogP contribution in [-0.2, 0) is 16.8 Å². The summed E-state index contributed by atoms with van der Waals surface area (Å²) in [5, 5.41) is 5.15. The van der Waals surface area contributed by atoms with Gasteiger partial charge in [-0.1, -0.05) is 103 Å². The predicted octanol–water partition coefficient (Wildman–Crippen LogP) is 8.61. The molecule has 2 aromatic carbocycles. The Morgan fingerprint density at radius 2 is 0.681 bits per heavy atom. The van der Waals surface area contributed by atoms with Crippen LogP contribution in [0.15, 0.2) is 48.5 Å². The molecule has 0 aliphatic carbocycles. The van der Waals surface area contributed by atoms with Gasteiger partial charge in [-0.25, -0.2) is 0 Å². The molecule has 0 amide bonds. The van der Waals surface area contributed by atoms with Crippen LogP contribution in [-0.4, -0.2) is 65.3 Å². The van der Waals surface area contributed by atoms with Gasteiger partial charge in [0.25, 0.3) is 8.32 Å². The van der Waals surface area contributed by atoms with Crippen LogP contribution in [0.4, 0.5) is 0 Å². The minimum atomic E-state index is -2.43. The van der Waals surface area contributed by atoms with Crippen LogP contribution < -0.4 is 20.7 Å². The number of benzene rings is 2. The third-order valence-corrected chi connectivity index (χ3v) is 29.1. The molecular weight excluding hydrogens is 693 g/mol. The third-order valence-electron chi connectivity index (χ3n) is 7.44. The summed E-state index contributed by atoms with van der Waals surface area (Å²) in [6, 6.07) is 18.0.